The molecule has 6 heteroatoms. The van der Waals surface area contributed by atoms with Crippen molar-refractivity contribution in [3.05, 3.63) is 48.9 Å². The molecule has 0 spiro atoms. The van der Waals surface area contributed by atoms with Gasteiger partial charge in [-0.1, -0.05) is 27.5 Å². The Hall–Kier alpha value is -0.100. The van der Waals surface area contributed by atoms with Crippen molar-refractivity contribution in [3.63, 3.8) is 0 Å². The Kier molecular flexibility index (Phi) is 4.47. The van der Waals surface area contributed by atoms with Crippen molar-refractivity contribution in [1.82, 2.24) is 4.98 Å². The summed E-state index contributed by atoms with van der Waals surface area (Å²) in [6, 6.07) is 7.33. The summed E-state index contributed by atoms with van der Waals surface area (Å²) in [5.74, 6) is 1.03. The highest BCUT2D eigenvalue weighted by atomic mass is 79.9. The monoisotopic (exact) mass is 439 g/mol. The standard InChI is InChI=1S/C11H5Br3ClNO/c12-6-1-2-10(8(14)3-6)17-11-9(15)4-7(13)5-16-11/h1-5H. The van der Waals surface area contributed by atoms with E-state index in [0.29, 0.717) is 16.7 Å². The fraction of sp³-hybridized carbons (Fsp3) is 0. The van der Waals surface area contributed by atoms with Crippen LogP contribution in [0.1, 0.15) is 0 Å². The lowest BCUT2D eigenvalue weighted by molar-refractivity contribution is 0.460. The first-order chi connectivity index (χ1) is 8.06. The van der Waals surface area contributed by atoms with Gasteiger partial charge in [0.1, 0.15) is 10.8 Å². The minimum absolute atomic E-state index is 0.373. The Bertz CT molecular complexity index is 513. The van der Waals surface area contributed by atoms with Crippen LogP contribution in [-0.4, -0.2) is 4.98 Å². The SMILES string of the molecule is Clc1cc(Br)cnc1Oc1ccc(Br)cc1Br. The highest BCUT2D eigenvalue weighted by molar-refractivity contribution is 9.11. The van der Waals surface area contributed by atoms with E-state index in [4.69, 9.17) is 16.3 Å². The second-order valence-corrected chi connectivity index (χ2v) is 6.21. The molecule has 0 atom stereocenters. The molecule has 0 aliphatic rings. The summed E-state index contributed by atoms with van der Waals surface area (Å²) < 4.78 is 8.22. The van der Waals surface area contributed by atoms with Gasteiger partial charge in [0.25, 0.3) is 0 Å². The van der Waals surface area contributed by atoms with Gasteiger partial charge in [0.15, 0.2) is 0 Å². The van der Waals surface area contributed by atoms with Gasteiger partial charge in [-0.05, 0) is 56.1 Å². The minimum Gasteiger partial charge on any atom is -0.436 e. The summed E-state index contributed by atoms with van der Waals surface area (Å²) in [5.41, 5.74) is 0. The van der Waals surface area contributed by atoms with Crippen molar-refractivity contribution in [1.29, 1.82) is 0 Å². The average Bonchev–Trinajstić information content (AvgIpc) is 2.25. The summed E-state index contributed by atoms with van der Waals surface area (Å²) >= 11 is 16.1. The largest absolute Gasteiger partial charge is 0.436 e. The first-order valence-corrected chi connectivity index (χ1v) is 7.26. The lowest BCUT2D eigenvalue weighted by atomic mass is 10.3. The van der Waals surface area contributed by atoms with Crippen LogP contribution in [0.25, 0.3) is 0 Å². The predicted octanol–water partition coefficient (Wildman–Crippen LogP) is 5.81. The second kappa shape index (κ2) is 5.69. The number of benzene rings is 1. The van der Waals surface area contributed by atoms with Crippen molar-refractivity contribution in [3.8, 4) is 11.6 Å². The first kappa shape index (κ1) is 13.3. The van der Waals surface area contributed by atoms with Crippen molar-refractivity contribution in [2.45, 2.75) is 0 Å². The van der Waals surface area contributed by atoms with Gasteiger partial charge in [0.2, 0.25) is 5.88 Å². The van der Waals surface area contributed by atoms with Crippen molar-refractivity contribution in [2.24, 2.45) is 0 Å². The van der Waals surface area contributed by atoms with Gasteiger partial charge >= 0.3 is 0 Å². The molecule has 2 aromatic rings. The predicted molar refractivity (Wildman–Crippen MR) is 78.9 cm³/mol. The molecular weight excluding hydrogens is 437 g/mol. The zero-order valence-corrected chi connectivity index (χ0v) is 13.8. The number of rotatable bonds is 2. The van der Waals surface area contributed by atoms with Gasteiger partial charge in [0, 0.05) is 15.1 Å². The number of halogens is 4. The maximum atomic E-state index is 6.02. The Morgan fingerprint density at radius 2 is 1.82 bits per heavy atom. The average molecular weight is 442 g/mol. The number of hydrogen-bond donors (Lipinski definition) is 0. The third-order valence-corrected chi connectivity index (χ3v) is 3.69. The summed E-state index contributed by atoms with van der Waals surface area (Å²) in [7, 11) is 0. The number of hydrogen-bond acceptors (Lipinski definition) is 2. The van der Waals surface area contributed by atoms with E-state index < -0.39 is 0 Å². The molecule has 1 aromatic carbocycles. The summed E-state index contributed by atoms with van der Waals surface area (Å²) in [6.07, 6.45) is 1.63. The Morgan fingerprint density at radius 3 is 2.47 bits per heavy atom. The number of nitrogens with zero attached hydrogens (tertiary/aromatic N) is 1. The van der Waals surface area contributed by atoms with Gasteiger partial charge in [-0.3, -0.25) is 0 Å². The normalized spacial score (nSPS) is 10.4. The maximum Gasteiger partial charge on any atom is 0.238 e. The summed E-state index contributed by atoms with van der Waals surface area (Å²) in [6.45, 7) is 0. The Balaban J connectivity index is 2.31. The van der Waals surface area contributed by atoms with Crippen LogP contribution in [0.5, 0.6) is 11.6 Å². The molecule has 17 heavy (non-hydrogen) atoms. The maximum absolute atomic E-state index is 6.02. The van der Waals surface area contributed by atoms with Crippen LogP contribution in [0.4, 0.5) is 0 Å². The molecule has 1 heterocycles. The number of pyridine rings is 1. The van der Waals surface area contributed by atoms with Crippen molar-refractivity contribution < 1.29 is 4.74 Å². The molecule has 0 aliphatic heterocycles. The smallest absolute Gasteiger partial charge is 0.238 e. The Morgan fingerprint density at radius 1 is 1.06 bits per heavy atom. The van der Waals surface area contributed by atoms with Crippen LogP contribution in [0.2, 0.25) is 5.02 Å². The molecule has 0 fully saturated rings. The second-order valence-electron chi connectivity index (χ2n) is 3.12. The van der Waals surface area contributed by atoms with E-state index in [9.17, 15) is 0 Å². The van der Waals surface area contributed by atoms with Gasteiger partial charge in [0.05, 0.1) is 4.47 Å². The zero-order valence-electron chi connectivity index (χ0n) is 8.25. The molecule has 2 nitrogen and oxygen atoms in total. The van der Waals surface area contributed by atoms with Gasteiger partial charge < -0.3 is 4.74 Å². The molecule has 0 bridgehead atoms. The highest BCUT2D eigenvalue weighted by Gasteiger charge is 2.08. The van der Waals surface area contributed by atoms with Crippen LogP contribution in [0, 0.1) is 0 Å². The molecule has 0 aliphatic carbocycles. The van der Waals surface area contributed by atoms with E-state index in [0.717, 1.165) is 13.4 Å². The molecular formula is C11H5Br3ClNO. The first-order valence-electron chi connectivity index (χ1n) is 4.50. The summed E-state index contributed by atoms with van der Waals surface area (Å²) in [5, 5.41) is 0.453. The third kappa shape index (κ3) is 3.44. The molecule has 88 valence electrons. The molecule has 0 amide bonds. The lowest BCUT2D eigenvalue weighted by Gasteiger charge is -2.08. The Labute approximate surface area is 129 Å². The fourth-order valence-electron chi connectivity index (χ4n) is 1.14. The van der Waals surface area contributed by atoms with E-state index in [1.165, 1.54) is 0 Å². The van der Waals surface area contributed by atoms with Gasteiger partial charge in [-0.25, -0.2) is 4.98 Å². The van der Waals surface area contributed by atoms with Crippen molar-refractivity contribution in [2.75, 3.05) is 0 Å². The van der Waals surface area contributed by atoms with Crippen molar-refractivity contribution >= 4 is 59.4 Å². The third-order valence-electron chi connectivity index (χ3n) is 1.87. The fourth-order valence-corrected chi connectivity index (χ4v) is 2.94. The molecule has 0 radical (unpaired) electrons. The number of ether oxygens (including phenoxy) is 1. The van der Waals surface area contributed by atoms with E-state index in [-0.39, 0.29) is 0 Å². The molecule has 0 unspecified atom stereocenters. The van der Waals surface area contributed by atoms with E-state index in [1.54, 1.807) is 12.3 Å². The minimum atomic E-state index is 0.373. The van der Waals surface area contributed by atoms with Crippen LogP contribution >= 0.6 is 59.4 Å². The molecule has 2 rings (SSSR count). The molecule has 0 saturated heterocycles. The number of aromatic nitrogens is 1. The zero-order chi connectivity index (χ0) is 12.4. The lowest BCUT2D eigenvalue weighted by Crippen LogP contribution is -1.89. The van der Waals surface area contributed by atoms with Gasteiger partial charge in [-0.2, -0.15) is 0 Å². The van der Waals surface area contributed by atoms with E-state index in [2.05, 4.69) is 52.8 Å². The molecule has 1 aromatic heterocycles. The highest BCUT2D eigenvalue weighted by Crippen LogP contribution is 2.34. The molecule has 0 N–H and O–H groups in total. The van der Waals surface area contributed by atoms with Gasteiger partial charge in [-0.15, -0.1) is 0 Å². The van der Waals surface area contributed by atoms with E-state index in [1.807, 2.05) is 18.2 Å². The molecule has 0 saturated carbocycles. The van der Waals surface area contributed by atoms with Crippen LogP contribution in [0.3, 0.4) is 0 Å². The summed E-state index contributed by atoms with van der Waals surface area (Å²) in [4.78, 5) is 4.10. The van der Waals surface area contributed by atoms with E-state index >= 15 is 0 Å². The quantitative estimate of drug-likeness (QED) is 0.585. The van der Waals surface area contributed by atoms with Crippen LogP contribution in [0.15, 0.2) is 43.9 Å². The topological polar surface area (TPSA) is 22.1 Å². The van der Waals surface area contributed by atoms with Crippen LogP contribution < -0.4 is 4.74 Å². The van der Waals surface area contributed by atoms with Crippen LogP contribution in [-0.2, 0) is 0 Å².